The standard InChI is InChI=1S/C26H26N4O10/c1-29(2)15-8-14(28-9-12-3-4-17(40-12)30(38)39)21(32)19-13(15)6-10-5-11-7-16(31)20(25(27)36)24(35)26(11,37)23(34)18(10)22(19)33/h3-4,8,10-11,28,32-33,35,37H,5-7,9H2,1-2H3,(H2,27,36). The van der Waals surface area contributed by atoms with Crippen LogP contribution in [0, 0.1) is 22.0 Å². The molecule has 3 aliphatic rings. The molecule has 7 N–H and O–H groups in total. The van der Waals surface area contributed by atoms with E-state index in [0.717, 1.165) is 0 Å². The van der Waals surface area contributed by atoms with Gasteiger partial charge in [-0.2, -0.15) is 0 Å². The third-order valence-electron chi connectivity index (χ3n) is 7.80. The van der Waals surface area contributed by atoms with Crippen molar-refractivity contribution in [1.29, 1.82) is 0 Å². The van der Waals surface area contributed by atoms with Gasteiger partial charge in [-0.25, -0.2) is 0 Å². The average molecular weight is 555 g/mol. The smallest absolute Gasteiger partial charge is 0.433 e. The number of phenols is 1. The first kappa shape index (κ1) is 26.7. The third-order valence-corrected chi connectivity index (χ3v) is 7.80. The summed E-state index contributed by atoms with van der Waals surface area (Å²) in [6, 6.07) is 4.19. The van der Waals surface area contributed by atoms with E-state index in [1.165, 1.54) is 12.1 Å². The topological polar surface area (TPSA) is 230 Å². The molecule has 14 heteroatoms. The van der Waals surface area contributed by atoms with Crippen LogP contribution in [-0.2, 0) is 27.3 Å². The molecule has 3 atom stereocenters. The van der Waals surface area contributed by atoms with Gasteiger partial charge in [0.1, 0.15) is 33.5 Å². The minimum Gasteiger partial charge on any atom is -0.508 e. The van der Waals surface area contributed by atoms with Crippen molar-refractivity contribution in [3.63, 3.8) is 0 Å². The molecule has 0 radical (unpaired) electrons. The second-order valence-corrected chi connectivity index (χ2v) is 10.3. The summed E-state index contributed by atoms with van der Waals surface area (Å²) in [4.78, 5) is 50.0. The molecular formula is C26H26N4O10. The van der Waals surface area contributed by atoms with Gasteiger partial charge in [-0.1, -0.05) is 0 Å². The Balaban J connectivity index is 1.61. The maximum absolute atomic E-state index is 13.7. The number of amides is 1. The van der Waals surface area contributed by atoms with Crippen molar-refractivity contribution >= 4 is 40.5 Å². The van der Waals surface area contributed by atoms with Crippen LogP contribution in [-0.4, -0.2) is 62.5 Å². The van der Waals surface area contributed by atoms with Gasteiger partial charge in [-0.05, 0) is 36.5 Å². The number of hydrogen-bond acceptors (Lipinski definition) is 12. The van der Waals surface area contributed by atoms with Gasteiger partial charge in [0, 0.05) is 37.7 Å². The maximum Gasteiger partial charge on any atom is 0.433 e. The fourth-order valence-corrected chi connectivity index (χ4v) is 5.95. The number of Topliss-reactive ketones (excluding diaryl/α,β-unsaturated/α-hetero) is 2. The van der Waals surface area contributed by atoms with E-state index in [0.29, 0.717) is 11.3 Å². The lowest BCUT2D eigenvalue weighted by Crippen LogP contribution is -2.58. The van der Waals surface area contributed by atoms with Gasteiger partial charge in [-0.3, -0.25) is 24.5 Å². The number of ketones is 2. The molecule has 1 aromatic carbocycles. The zero-order valence-corrected chi connectivity index (χ0v) is 21.4. The molecular weight excluding hydrogens is 528 g/mol. The van der Waals surface area contributed by atoms with Crippen LogP contribution >= 0.6 is 0 Å². The third kappa shape index (κ3) is 3.78. The lowest BCUT2D eigenvalue weighted by molar-refractivity contribution is -0.402. The van der Waals surface area contributed by atoms with Crippen LogP contribution in [0.2, 0.25) is 0 Å². The first-order valence-electron chi connectivity index (χ1n) is 12.3. The number of anilines is 2. The van der Waals surface area contributed by atoms with Gasteiger partial charge < -0.3 is 40.8 Å². The number of nitrogens with one attached hydrogen (secondary N) is 1. The van der Waals surface area contributed by atoms with E-state index in [2.05, 4.69) is 5.32 Å². The quantitative estimate of drug-likeness (QED) is 0.129. The van der Waals surface area contributed by atoms with Gasteiger partial charge in [0.2, 0.25) is 5.78 Å². The predicted octanol–water partition coefficient (Wildman–Crippen LogP) is 1.60. The van der Waals surface area contributed by atoms with E-state index in [1.54, 1.807) is 25.1 Å². The zero-order chi connectivity index (χ0) is 29.3. The highest BCUT2D eigenvalue weighted by molar-refractivity contribution is 6.22. The molecule has 3 unspecified atom stereocenters. The Morgan fingerprint density at radius 2 is 1.95 bits per heavy atom. The zero-order valence-electron chi connectivity index (χ0n) is 21.4. The van der Waals surface area contributed by atoms with Gasteiger partial charge in [0.25, 0.3) is 5.91 Å². The van der Waals surface area contributed by atoms with Crippen LogP contribution < -0.4 is 16.0 Å². The molecule has 0 saturated heterocycles. The summed E-state index contributed by atoms with van der Waals surface area (Å²) in [7, 11) is 3.47. The Hall–Kier alpha value is -4.85. The van der Waals surface area contributed by atoms with Crippen LogP contribution in [0.4, 0.5) is 17.3 Å². The molecule has 210 valence electrons. The molecule has 1 amide bonds. The number of rotatable bonds is 6. The maximum atomic E-state index is 13.7. The first-order valence-corrected chi connectivity index (χ1v) is 12.3. The Bertz CT molecular complexity index is 1570. The minimum atomic E-state index is -2.65. The predicted molar refractivity (Wildman–Crippen MR) is 138 cm³/mol. The average Bonchev–Trinajstić information content (AvgIpc) is 3.35. The van der Waals surface area contributed by atoms with Crippen molar-refractivity contribution in [1.82, 2.24) is 0 Å². The second-order valence-electron chi connectivity index (χ2n) is 10.3. The molecule has 0 bridgehead atoms. The highest BCUT2D eigenvalue weighted by Gasteiger charge is 2.60. The molecule has 1 fully saturated rings. The molecule has 1 saturated carbocycles. The summed E-state index contributed by atoms with van der Waals surface area (Å²) in [6.07, 6.45) is -0.227. The molecule has 2 aromatic rings. The molecule has 0 spiro atoms. The van der Waals surface area contributed by atoms with Crippen molar-refractivity contribution in [3.8, 4) is 5.75 Å². The summed E-state index contributed by atoms with van der Waals surface area (Å²) in [6.45, 7) is -0.0596. The second kappa shape index (κ2) is 9.12. The Morgan fingerprint density at radius 3 is 2.55 bits per heavy atom. The van der Waals surface area contributed by atoms with Crippen molar-refractivity contribution in [2.24, 2.45) is 17.6 Å². The Morgan fingerprint density at radius 1 is 1.25 bits per heavy atom. The number of aromatic hydroxyl groups is 1. The molecule has 0 aliphatic heterocycles. The van der Waals surface area contributed by atoms with E-state index in [4.69, 9.17) is 10.2 Å². The van der Waals surface area contributed by atoms with E-state index in [9.17, 15) is 44.9 Å². The highest BCUT2D eigenvalue weighted by Crippen LogP contribution is 2.54. The van der Waals surface area contributed by atoms with Crippen molar-refractivity contribution in [2.45, 2.75) is 31.4 Å². The molecule has 5 rings (SSSR count). The molecule has 1 aromatic heterocycles. The number of hydrogen-bond donors (Lipinski definition) is 6. The van der Waals surface area contributed by atoms with Crippen LogP contribution in [0.1, 0.15) is 29.7 Å². The lowest BCUT2D eigenvalue weighted by atomic mass is 9.59. The van der Waals surface area contributed by atoms with Gasteiger partial charge in [0.05, 0.1) is 23.9 Å². The summed E-state index contributed by atoms with van der Waals surface area (Å²) in [5.41, 5.74) is 2.58. The van der Waals surface area contributed by atoms with Crippen molar-refractivity contribution in [2.75, 3.05) is 24.3 Å². The molecule has 1 heterocycles. The molecule has 40 heavy (non-hydrogen) atoms. The van der Waals surface area contributed by atoms with Gasteiger partial charge in [0.15, 0.2) is 11.4 Å². The number of nitro groups is 1. The number of fused-ring (bicyclic) bond motifs is 3. The van der Waals surface area contributed by atoms with E-state index < -0.39 is 75.0 Å². The summed E-state index contributed by atoms with van der Waals surface area (Å²) in [5.74, 6) is -7.34. The molecule has 3 aliphatic carbocycles. The number of carbonyl (C=O) groups is 3. The normalized spacial score (nSPS) is 23.9. The minimum absolute atomic E-state index is 0.0216. The largest absolute Gasteiger partial charge is 0.508 e. The van der Waals surface area contributed by atoms with Crippen LogP contribution in [0.15, 0.2) is 39.5 Å². The fraction of sp³-hybridized carbons (Fsp3) is 0.346. The number of carbonyl (C=O) groups excluding carboxylic acids is 3. The van der Waals surface area contributed by atoms with E-state index >= 15 is 0 Å². The number of benzene rings is 1. The number of aliphatic hydroxyl groups is 3. The summed E-state index contributed by atoms with van der Waals surface area (Å²) < 4.78 is 5.14. The first-order chi connectivity index (χ1) is 18.8. The number of aliphatic hydroxyl groups excluding tert-OH is 2. The SMILES string of the molecule is CN(C)c1cc(NCc2ccc([N+](=O)[O-])o2)c(O)c2c1CC1CC3CC(=O)C(C(N)=O)=C(O)C3(O)C(=O)C1=C2O. The summed E-state index contributed by atoms with van der Waals surface area (Å²) in [5, 5.41) is 58.5. The van der Waals surface area contributed by atoms with E-state index in [-0.39, 0.29) is 42.0 Å². The van der Waals surface area contributed by atoms with Crippen LogP contribution in [0.3, 0.4) is 0 Å². The number of primary amides is 1. The highest BCUT2D eigenvalue weighted by atomic mass is 16.6. The number of furan rings is 1. The van der Waals surface area contributed by atoms with E-state index in [1.807, 2.05) is 0 Å². The van der Waals surface area contributed by atoms with Crippen LogP contribution in [0.25, 0.3) is 5.76 Å². The monoisotopic (exact) mass is 554 g/mol. The van der Waals surface area contributed by atoms with Gasteiger partial charge >= 0.3 is 5.88 Å². The van der Waals surface area contributed by atoms with Gasteiger partial charge in [-0.15, -0.1) is 0 Å². The summed E-state index contributed by atoms with van der Waals surface area (Å²) >= 11 is 0. The Labute approximate surface area is 226 Å². The number of nitrogens with zero attached hydrogens (tertiary/aromatic N) is 2. The van der Waals surface area contributed by atoms with Crippen molar-refractivity contribution in [3.05, 3.63) is 62.1 Å². The molecule has 14 nitrogen and oxygen atoms in total. The Kier molecular flexibility index (Phi) is 6.10. The fourth-order valence-electron chi connectivity index (χ4n) is 5.95. The van der Waals surface area contributed by atoms with Crippen LogP contribution in [0.5, 0.6) is 5.75 Å². The van der Waals surface area contributed by atoms with Crippen molar-refractivity contribution < 1.29 is 44.2 Å². The number of phenolic OH excluding ortho intramolecular Hbond substituents is 1. The lowest BCUT2D eigenvalue weighted by Gasteiger charge is -2.46. The number of nitrogens with two attached hydrogens (primary N) is 1.